The van der Waals surface area contributed by atoms with Gasteiger partial charge in [0.15, 0.2) is 5.69 Å². The molecule has 0 N–H and O–H groups in total. The molecule has 0 spiro atoms. The van der Waals surface area contributed by atoms with Gasteiger partial charge < -0.3 is 4.74 Å². The predicted octanol–water partition coefficient (Wildman–Crippen LogP) is 2.89. The van der Waals surface area contributed by atoms with Crippen molar-refractivity contribution in [1.29, 1.82) is 0 Å². The SMILES string of the molecule is COC(=O)Cc1c(C(F)(F)F)ncc(C(F)F)c1F. The van der Waals surface area contributed by atoms with E-state index in [1.165, 1.54) is 0 Å². The van der Waals surface area contributed by atoms with Gasteiger partial charge in [0.2, 0.25) is 0 Å². The van der Waals surface area contributed by atoms with Gasteiger partial charge in [-0.25, -0.2) is 13.2 Å². The normalized spacial score (nSPS) is 11.8. The summed E-state index contributed by atoms with van der Waals surface area (Å²) in [5, 5.41) is 0. The minimum atomic E-state index is -5.06. The third-order valence-electron chi connectivity index (χ3n) is 2.19. The molecule has 0 saturated carbocycles. The van der Waals surface area contributed by atoms with Crippen molar-refractivity contribution in [1.82, 2.24) is 4.98 Å². The van der Waals surface area contributed by atoms with Crippen LogP contribution in [-0.2, 0) is 22.1 Å². The zero-order valence-electron chi connectivity index (χ0n) is 9.39. The molecule has 9 heteroatoms. The zero-order valence-corrected chi connectivity index (χ0v) is 9.39. The lowest BCUT2D eigenvalue weighted by Crippen LogP contribution is -2.18. The first-order chi connectivity index (χ1) is 8.68. The molecule has 1 aromatic rings. The number of rotatable bonds is 3. The second kappa shape index (κ2) is 5.45. The number of pyridine rings is 1. The molecule has 0 saturated heterocycles. The maximum Gasteiger partial charge on any atom is 0.433 e. The van der Waals surface area contributed by atoms with Crippen LogP contribution in [0.5, 0.6) is 0 Å². The van der Waals surface area contributed by atoms with Gasteiger partial charge in [0.05, 0.1) is 19.1 Å². The van der Waals surface area contributed by atoms with Gasteiger partial charge >= 0.3 is 12.1 Å². The number of alkyl halides is 5. The van der Waals surface area contributed by atoms with E-state index in [9.17, 15) is 31.1 Å². The maximum absolute atomic E-state index is 13.6. The second-order valence-corrected chi connectivity index (χ2v) is 3.41. The first-order valence-corrected chi connectivity index (χ1v) is 4.78. The molecule has 0 amide bonds. The van der Waals surface area contributed by atoms with Crippen LogP contribution in [0.4, 0.5) is 26.3 Å². The van der Waals surface area contributed by atoms with Crippen molar-refractivity contribution in [3.05, 3.63) is 28.8 Å². The van der Waals surface area contributed by atoms with Gasteiger partial charge in [0.1, 0.15) is 5.82 Å². The lowest BCUT2D eigenvalue weighted by molar-refractivity contribution is -0.143. The topological polar surface area (TPSA) is 39.2 Å². The Bertz CT molecular complexity index is 486. The fourth-order valence-corrected chi connectivity index (χ4v) is 1.32. The number of hydrogen-bond donors (Lipinski definition) is 0. The van der Waals surface area contributed by atoms with E-state index in [1.54, 1.807) is 0 Å². The number of nitrogens with zero attached hydrogens (tertiary/aromatic N) is 1. The summed E-state index contributed by atoms with van der Waals surface area (Å²) in [6.07, 6.45) is -9.44. The molecule has 106 valence electrons. The Hall–Kier alpha value is -1.80. The average molecular weight is 287 g/mol. The number of aromatic nitrogens is 1. The summed E-state index contributed by atoms with van der Waals surface area (Å²) in [7, 11) is 0.873. The summed E-state index contributed by atoms with van der Waals surface area (Å²) in [5.74, 6) is -3.00. The highest BCUT2D eigenvalue weighted by atomic mass is 19.4. The van der Waals surface area contributed by atoms with Crippen molar-refractivity contribution in [3.63, 3.8) is 0 Å². The van der Waals surface area contributed by atoms with Crippen LogP contribution in [0.2, 0.25) is 0 Å². The lowest BCUT2D eigenvalue weighted by atomic mass is 10.1. The summed E-state index contributed by atoms with van der Waals surface area (Å²) in [5.41, 5.74) is -4.27. The molecule has 0 fully saturated rings. The average Bonchev–Trinajstić information content (AvgIpc) is 2.29. The molecule has 0 aliphatic rings. The number of carbonyl (C=O) groups is 1. The molecule has 0 aromatic carbocycles. The lowest BCUT2D eigenvalue weighted by Gasteiger charge is -2.14. The highest BCUT2D eigenvalue weighted by Gasteiger charge is 2.38. The molecular formula is C10H7F6NO2. The molecule has 1 rings (SSSR count). The van der Waals surface area contributed by atoms with Crippen LogP contribution in [0.1, 0.15) is 23.2 Å². The van der Waals surface area contributed by atoms with Crippen LogP contribution >= 0.6 is 0 Å². The van der Waals surface area contributed by atoms with Gasteiger partial charge in [-0.05, 0) is 0 Å². The molecule has 0 unspecified atom stereocenters. The molecule has 0 radical (unpaired) electrons. The molecule has 0 bridgehead atoms. The summed E-state index contributed by atoms with van der Waals surface area (Å²) < 4.78 is 80.1. The zero-order chi connectivity index (χ0) is 14.8. The van der Waals surface area contributed by atoms with Crippen molar-refractivity contribution in [2.24, 2.45) is 0 Å². The molecule has 1 aromatic heterocycles. The van der Waals surface area contributed by atoms with E-state index in [0.29, 0.717) is 0 Å². The first kappa shape index (κ1) is 15.3. The van der Waals surface area contributed by atoms with Gasteiger partial charge in [-0.2, -0.15) is 13.2 Å². The summed E-state index contributed by atoms with van der Waals surface area (Å²) >= 11 is 0. The van der Waals surface area contributed by atoms with Crippen LogP contribution in [0.25, 0.3) is 0 Å². The number of halogens is 6. The number of ether oxygens (including phenoxy) is 1. The van der Waals surface area contributed by atoms with E-state index in [1.807, 2.05) is 0 Å². The van der Waals surface area contributed by atoms with Crippen molar-refractivity contribution in [2.45, 2.75) is 19.0 Å². The largest absolute Gasteiger partial charge is 0.469 e. The monoisotopic (exact) mass is 287 g/mol. The van der Waals surface area contributed by atoms with Gasteiger partial charge in [-0.1, -0.05) is 0 Å². The Morgan fingerprint density at radius 1 is 1.42 bits per heavy atom. The van der Waals surface area contributed by atoms with Crippen molar-refractivity contribution >= 4 is 5.97 Å². The smallest absolute Gasteiger partial charge is 0.433 e. The van der Waals surface area contributed by atoms with E-state index in [-0.39, 0.29) is 6.20 Å². The minimum absolute atomic E-state index is 0.101. The van der Waals surface area contributed by atoms with Gasteiger partial charge in [-0.15, -0.1) is 0 Å². The van der Waals surface area contributed by atoms with Gasteiger partial charge in [-0.3, -0.25) is 9.78 Å². The Morgan fingerprint density at radius 2 is 2.00 bits per heavy atom. The van der Waals surface area contributed by atoms with E-state index in [2.05, 4.69) is 9.72 Å². The number of carbonyl (C=O) groups excluding carboxylic acids is 1. The number of esters is 1. The molecule has 19 heavy (non-hydrogen) atoms. The molecule has 0 aliphatic heterocycles. The van der Waals surface area contributed by atoms with Crippen LogP contribution < -0.4 is 0 Å². The van der Waals surface area contributed by atoms with Crippen LogP contribution in [0.3, 0.4) is 0 Å². The van der Waals surface area contributed by atoms with Crippen LogP contribution in [-0.4, -0.2) is 18.1 Å². The molecule has 1 heterocycles. The number of hydrogen-bond acceptors (Lipinski definition) is 3. The summed E-state index contributed by atoms with van der Waals surface area (Å²) in [6.45, 7) is 0. The van der Waals surface area contributed by atoms with Gasteiger partial charge in [0, 0.05) is 11.8 Å². The van der Waals surface area contributed by atoms with Crippen molar-refractivity contribution in [3.8, 4) is 0 Å². The van der Waals surface area contributed by atoms with E-state index in [4.69, 9.17) is 0 Å². The fraction of sp³-hybridized carbons (Fsp3) is 0.400. The molecule has 0 atom stereocenters. The Balaban J connectivity index is 3.42. The third kappa shape index (κ3) is 3.36. The van der Waals surface area contributed by atoms with Crippen LogP contribution in [0.15, 0.2) is 6.20 Å². The molecule has 0 aliphatic carbocycles. The molecule has 3 nitrogen and oxygen atoms in total. The van der Waals surface area contributed by atoms with E-state index in [0.717, 1.165) is 7.11 Å². The maximum atomic E-state index is 13.6. The second-order valence-electron chi connectivity index (χ2n) is 3.41. The first-order valence-electron chi connectivity index (χ1n) is 4.78. The minimum Gasteiger partial charge on any atom is -0.469 e. The van der Waals surface area contributed by atoms with Crippen molar-refractivity contribution in [2.75, 3.05) is 7.11 Å². The third-order valence-corrected chi connectivity index (χ3v) is 2.19. The van der Waals surface area contributed by atoms with Crippen molar-refractivity contribution < 1.29 is 35.9 Å². The summed E-state index contributed by atoms with van der Waals surface area (Å²) in [4.78, 5) is 13.7. The standard InChI is InChI=1S/C10H7F6NO2/c1-19-6(18)2-4-7(11)5(9(12)13)3-17-8(4)10(14,15)16/h3,9H,2H2,1H3. The van der Waals surface area contributed by atoms with E-state index >= 15 is 0 Å². The van der Waals surface area contributed by atoms with E-state index < -0.39 is 47.6 Å². The highest BCUT2D eigenvalue weighted by Crippen LogP contribution is 2.34. The number of methoxy groups -OCH3 is 1. The summed E-state index contributed by atoms with van der Waals surface area (Å²) in [6, 6.07) is 0. The Labute approximate surface area is 103 Å². The Kier molecular flexibility index (Phi) is 4.38. The van der Waals surface area contributed by atoms with Crippen LogP contribution in [0, 0.1) is 5.82 Å². The Morgan fingerprint density at radius 3 is 2.42 bits per heavy atom. The molecular weight excluding hydrogens is 280 g/mol. The predicted molar refractivity (Wildman–Crippen MR) is 49.9 cm³/mol. The fourth-order valence-electron chi connectivity index (χ4n) is 1.32. The highest BCUT2D eigenvalue weighted by molar-refractivity contribution is 5.73. The quantitative estimate of drug-likeness (QED) is 0.634. The van der Waals surface area contributed by atoms with Gasteiger partial charge in [0.25, 0.3) is 6.43 Å².